The number of rotatable bonds is 4. The number of hydrogen-bond acceptors (Lipinski definition) is 4. The first-order chi connectivity index (χ1) is 11.5. The van der Waals surface area contributed by atoms with E-state index in [0.717, 1.165) is 18.8 Å². The van der Waals surface area contributed by atoms with E-state index in [4.69, 9.17) is 9.47 Å². The summed E-state index contributed by atoms with van der Waals surface area (Å²) in [7, 11) is -3.54. The maximum atomic E-state index is 12.8. The normalized spacial score (nSPS) is 30.1. The van der Waals surface area contributed by atoms with Gasteiger partial charge in [0.05, 0.1) is 18.1 Å². The molecular formula is C18H25NO4S. The Labute approximate surface area is 143 Å². The fourth-order valence-electron chi connectivity index (χ4n) is 4.62. The smallest absolute Gasteiger partial charge is 0.240 e. The summed E-state index contributed by atoms with van der Waals surface area (Å²) in [6.45, 7) is 3.15. The van der Waals surface area contributed by atoms with Crippen molar-refractivity contribution in [2.24, 2.45) is 17.8 Å². The third-order valence-corrected chi connectivity index (χ3v) is 7.36. The average molecular weight is 351 g/mol. The molecule has 1 N–H and O–H groups in total. The van der Waals surface area contributed by atoms with Gasteiger partial charge >= 0.3 is 0 Å². The first-order valence-corrected chi connectivity index (χ1v) is 10.4. The molecular weight excluding hydrogens is 326 g/mol. The Bertz CT molecular complexity index is 718. The van der Waals surface area contributed by atoms with Crippen LogP contribution in [0, 0.1) is 17.8 Å². The zero-order chi connectivity index (χ0) is 16.7. The molecule has 1 aromatic rings. The van der Waals surface area contributed by atoms with E-state index in [1.54, 1.807) is 18.2 Å². The lowest BCUT2D eigenvalue weighted by Gasteiger charge is -2.28. The molecule has 1 heterocycles. The van der Waals surface area contributed by atoms with E-state index >= 15 is 0 Å². The summed E-state index contributed by atoms with van der Waals surface area (Å²) < 4.78 is 39.6. The average Bonchev–Trinajstić information content (AvgIpc) is 3.10. The van der Waals surface area contributed by atoms with Crippen molar-refractivity contribution in [1.29, 1.82) is 0 Å². The Hall–Kier alpha value is -1.27. The molecule has 0 radical (unpaired) electrons. The molecule has 132 valence electrons. The van der Waals surface area contributed by atoms with Crippen molar-refractivity contribution < 1.29 is 17.9 Å². The standard InChI is InChI=1S/C18H25NO4S/c1-12(16-10-13-3-4-14(16)9-13)19-24(20,21)15-5-6-17-18(11-15)23-8-2-7-22-17/h5-6,11-14,16,19H,2-4,7-10H2,1H3. The molecule has 4 rings (SSSR count). The third kappa shape index (κ3) is 3.02. The monoisotopic (exact) mass is 351 g/mol. The van der Waals surface area contributed by atoms with E-state index in [9.17, 15) is 8.42 Å². The molecule has 1 aromatic carbocycles. The maximum absolute atomic E-state index is 12.8. The van der Waals surface area contributed by atoms with Crippen LogP contribution in [0.5, 0.6) is 11.5 Å². The largest absolute Gasteiger partial charge is 0.490 e. The minimum Gasteiger partial charge on any atom is -0.490 e. The molecule has 2 bridgehead atoms. The number of benzene rings is 1. The van der Waals surface area contributed by atoms with Crippen LogP contribution in [0.2, 0.25) is 0 Å². The minimum atomic E-state index is -3.54. The topological polar surface area (TPSA) is 64.6 Å². The van der Waals surface area contributed by atoms with Crippen molar-refractivity contribution in [3.8, 4) is 11.5 Å². The molecule has 5 nitrogen and oxygen atoms in total. The molecule has 2 fully saturated rings. The Balaban J connectivity index is 1.51. The summed E-state index contributed by atoms with van der Waals surface area (Å²) in [6.07, 6.45) is 5.82. The summed E-state index contributed by atoms with van der Waals surface area (Å²) in [6, 6.07) is 4.85. The highest BCUT2D eigenvalue weighted by Crippen LogP contribution is 2.49. The van der Waals surface area contributed by atoms with E-state index in [1.807, 2.05) is 6.92 Å². The van der Waals surface area contributed by atoms with Crippen molar-refractivity contribution in [3.63, 3.8) is 0 Å². The molecule has 0 aromatic heterocycles. The summed E-state index contributed by atoms with van der Waals surface area (Å²) in [5.74, 6) is 3.11. The zero-order valence-electron chi connectivity index (χ0n) is 14.0. The van der Waals surface area contributed by atoms with Crippen LogP contribution in [-0.2, 0) is 10.0 Å². The van der Waals surface area contributed by atoms with Gasteiger partial charge in [0.2, 0.25) is 10.0 Å². The molecule has 4 unspecified atom stereocenters. The van der Waals surface area contributed by atoms with Crippen LogP contribution in [0.4, 0.5) is 0 Å². The molecule has 6 heteroatoms. The van der Waals surface area contributed by atoms with Crippen LogP contribution < -0.4 is 14.2 Å². The van der Waals surface area contributed by atoms with Crippen molar-refractivity contribution >= 4 is 10.0 Å². The van der Waals surface area contributed by atoms with E-state index in [2.05, 4.69) is 4.72 Å². The number of sulfonamides is 1. The van der Waals surface area contributed by atoms with Gasteiger partial charge in [0.15, 0.2) is 11.5 Å². The zero-order valence-corrected chi connectivity index (χ0v) is 14.8. The first kappa shape index (κ1) is 16.2. The van der Waals surface area contributed by atoms with Crippen molar-refractivity contribution in [3.05, 3.63) is 18.2 Å². The van der Waals surface area contributed by atoms with Crippen molar-refractivity contribution in [2.75, 3.05) is 13.2 Å². The van der Waals surface area contributed by atoms with E-state index < -0.39 is 10.0 Å². The van der Waals surface area contributed by atoms with Crippen LogP contribution in [0.25, 0.3) is 0 Å². The van der Waals surface area contributed by atoms with Gasteiger partial charge in [0.25, 0.3) is 0 Å². The fraction of sp³-hybridized carbons (Fsp3) is 0.667. The SMILES string of the molecule is CC(NS(=O)(=O)c1ccc2c(c1)OCCCO2)C1CC2CCC1C2. The third-order valence-electron chi connectivity index (χ3n) is 5.81. The van der Waals surface area contributed by atoms with Gasteiger partial charge in [0, 0.05) is 18.5 Å². The lowest BCUT2D eigenvalue weighted by Crippen LogP contribution is -2.40. The molecule has 0 saturated heterocycles. The Morgan fingerprint density at radius 3 is 2.62 bits per heavy atom. The quantitative estimate of drug-likeness (QED) is 0.906. The molecule has 1 aliphatic heterocycles. The van der Waals surface area contributed by atoms with Crippen molar-refractivity contribution in [2.45, 2.75) is 50.0 Å². The molecule has 24 heavy (non-hydrogen) atoms. The highest BCUT2D eigenvalue weighted by atomic mass is 32.2. The number of nitrogens with one attached hydrogen (secondary N) is 1. The van der Waals surface area contributed by atoms with Gasteiger partial charge in [-0.15, -0.1) is 0 Å². The summed E-state index contributed by atoms with van der Waals surface area (Å²) in [5, 5.41) is 0. The lowest BCUT2D eigenvalue weighted by molar-refractivity contribution is 0.280. The fourth-order valence-corrected chi connectivity index (χ4v) is 5.93. The van der Waals surface area contributed by atoms with E-state index in [0.29, 0.717) is 36.5 Å². The highest BCUT2D eigenvalue weighted by molar-refractivity contribution is 7.89. The van der Waals surface area contributed by atoms with Gasteiger partial charge in [-0.3, -0.25) is 0 Å². The molecule has 0 spiro atoms. The second-order valence-electron chi connectivity index (χ2n) is 7.41. The Morgan fingerprint density at radius 2 is 1.92 bits per heavy atom. The van der Waals surface area contributed by atoms with Gasteiger partial charge in [0.1, 0.15) is 0 Å². The van der Waals surface area contributed by atoms with Crippen LogP contribution in [0.3, 0.4) is 0 Å². The van der Waals surface area contributed by atoms with E-state index in [1.165, 1.54) is 19.3 Å². The van der Waals surface area contributed by atoms with Gasteiger partial charge in [-0.05, 0) is 56.1 Å². The molecule has 2 saturated carbocycles. The minimum absolute atomic E-state index is 0.0266. The predicted molar refractivity (Wildman–Crippen MR) is 90.8 cm³/mol. The second-order valence-corrected chi connectivity index (χ2v) is 9.12. The molecule has 3 aliphatic rings. The van der Waals surface area contributed by atoms with Gasteiger partial charge < -0.3 is 9.47 Å². The van der Waals surface area contributed by atoms with Crippen molar-refractivity contribution in [1.82, 2.24) is 4.72 Å². The van der Waals surface area contributed by atoms with Crippen LogP contribution in [0.15, 0.2) is 23.1 Å². The number of hydrogen-bond donors (Lipinski definition) is 1. The van der Waals surface area contributed by atoms with Crippen LogP contribution in [-0.4, -0.2) is 27.7 Å². The Kier molecular flexibility index (Phi) is 4.21. The summed E-state index contributed by atoms with van der Waals surface area (Å²) in [4.78, 5) is 0.252. The van der Waals surface area contributed by atoms with E-state index in [-0.39, 0.29) is 10.9 Å². The van der Waals surface area contributed by atoms with Crippen LogP contribution >= 0.6 is 0 Å². The maximum Gasteiger partial charge on any atom is 0.240 e. The predicted octanol–water partition coefficient (Wildman–Crippen LogP) is 2.95. The van der Waals surface area contributed by atoms with Crippen LogP contribution in [0.1, 0.15) is 39.0 Å². The Morgan fingerprint density at radius 1 is 1.12 bits per heavy atom. The molecule has 4 atom stereocenters. The number of fused-ring (bicyclic) bond motifs is 3. The van der Waals surface area contributed by atoms with Gasteiger partial charge in [-0.1, -0.05) is 6.42 Å². The second kappa shape index (κ2) is 6.23. The summed E-state index contributed by atoms with van der Waals surface area (Å²) in [5.41, 5.74) is 0. The summed E-state index contributed by atoms with van der Waals surface area (Å²) >= 11 is 0. The van der Waals surface area contributed by atoms with Gasteiger partial charge in [-0.25, -0.2) is 13.1 Å². The lowest BCUT2D eigenvalue weighted by atomic mass is 9.84. The first-order valence-electron chi connectivity index (χ1n) is 8.95. The number of ether oxygens (including phenoxy) is 2. The highest BCUT2D eigenvalue weighted by Gasteiger charge is 2.42. The molecule has 0 amide bonds. The molecule has 2 aliphatic carbocycles. The van der Waals surface area contributed by atoms with Gasteiger partial charge in [-0.2, -0.15) is 0 Å².